The fourth-order valence-electron chi connectivity index (χ4n) is 2.60. The summed E-state index contributed by atoms with van der Waals surface area (Å²) < 4.78 is 5.62. The van der Waals surface area contributed by atoms with Gasteiger partial charge in [0.05, 0.1) is 18.8 Å². The lowest BCUT2D eigenvalue weighted by Crippen LogP contribution is -2.34. The summed E-state index contributed by atoms with van der Waals surface area (Å²) in [6.07, 6.45) is 3.32. The van der Waals surface area contributed by atoms with Crippen LogP contribution in [0.4, 0.5) is 0 Å². The van der Waals surface area contributed by atoms with Crippen molar-refractivity contribution in [3.05, 3.63) is 22.4 Å². The summed E-state index contributed by atoms with van der Waals surface area (Å²) in [5, 5.41) is 5.56. The van der Waals surface area contributed by atoms with E-state index in [1.165, 1.54) is 4.88 Å². The summed E-state index contributed by atoms with van der Waals surface area (Å²) in [5.74, 6) is 0.217. The molecular weight excluding hydrogens is 284 g/mol. The molecule has 2 rings (SSSR count). The van der Waals surface area contributed by atoms with Crippen LogP contribution in [0.25, 0.3) is 0 Å². The van der Waals surface area contributed by atoms with Gasteiger partial charge < -0.3 is 9.64 Å². The maximum atomic E-state index is 12.6. The molecule has 118 valence electrons. The molecular formula is C16H26N2O2S. The van der Waals surface area contributed by atoms with Gasteiger partial charge in [-0.3, -0.25) is 10.1 Å². The summed E-state index contributed by atoms with van der Waals surface area (Å²) in [6, 6.07) is 4.08. The van der Waals surface area contributed by atoms with Gasteiger partial charge in [0.25, 0.3) is 0 Å². The minimum Gasteiger partial charge on any atom is -0.377 e. The van der Waals surface area contributed by atoms with Crippen molar-refractivity contribution in [2.45, 2.75) is 58.3 Å². The van der Waals surface area contributed by atoms with E-state index in [0.29, 0.717) is 13.2 Å². The molecule has 0 aliphatic carbocycles. The van der Waals surface area contributed by atoms with Gasteiger partial charge in [0.1, 0.15) is 6.17 Å². The van der Waals surface area contributed by atoms with E-state index in [2.05, 4.69) is 23.7 Å². The number of carbonyl (C=O) groups is 1. The molecule has 4 nitrogen and oxygen atoms in total. The summed E-state index contributed by atoms with van der Waals surface area (Å²) >= 11 is 1.69. The smallest absolute Gasteiger partial charge is 0.241 e. The van der Waals surface area contributed by atoms with E-state index < -0.39 is 0 Å². The zero-order valence-electron chi connectivity index (χ0n) is 13.2. The number of nitrogens with one attached hydrogen (secondary N) is 1. The summed E-state index contributed by atoms with van der Waals surface area (Å²) in [7, 11) is 0. The predicted octanol–water partition coefficient (Wildman–Crippen LogP) is 3.16. The van der Waals surface area contributed by atoms with Gasteiger partial charge in [-0.25, -0.2) is 0 Å². The number of hydrogen-bond donors (Lipinski definition) is 1. The summed E-state index contributed by atoms with van der Waals surface area (Å²) in [5.41, 5.74) is 0. The SMILES string of the molecule is CCCCC1NC(c2cccs2)N(CCOC(C)C)C1=O. The maximum absolute atomic E-state index is 12.6. The van der Waals surface area contributed by atoms with Gasteiger partial charge in [0.15, 0.2) is 0 Å². The first kappa shape index (κ1) is 16.5. The molecule has 1 N–H and O–H groups in total. The quantitative estimate of drug-likeness (QED) is 0.802. The number of unbranched alkanes of at least 4 members (excludes halogenated alkanes) is 1. The van der Waals surface area contributed by atoms with Crippen molar-refractivity contribution in [3.8, 4) is 0 Å². The molecule has 5 heteroatoms. The van der Waals surface area contributed by atoms with Gasteiger partial charge in [-0.05, 0) is 31.7 Å². The Morgan fingerprint density at radius 3 is 2.90 bits per heavy atom. The first-order valence-electron chi connectivity index (χ1n) is 7.85. The van der Waals surface area contributed by atoms with Gasteiger partial charge in [0.2, 0.25) is 5.91 Å². The van der Waals surface area contributed by atoms with Crippen molar-refractivity contribution in [1.29, 1.82) is 0 Å². The Balaban J connectivity index is 2.03. The molecule has 0 bridgehead atoms. The Bertz CT molecular complexity index is 433. The lowest BCUT2D eigenvalue weighted by Gasteiger charge is -2.23. The Morgan fingerprint density at radius 1 is 1.48 bits per heavy atom. The van der Waals surface area contributed by atoms with Crippen molar-refractivity contribution in [3.63, 3.8) is 0 Å². The van der Waals surface area contributed by atoms with Gasteiger partial charge in [-0.1, -0.05) is 25.8 Å². The topological polar surface area (TPSA) is 41.6 Å². The van der Waals surface area contributed by atoms with E-state index >= 15 is 0 Å². The van der Waals surface area contributed by atoms with E-state index in [9.17, 15) is 4.79 Å². The van der Waals surface area contributed by atoms with E-state index in [1.807, 2.05) is 24.8 Å². The third-order valence-corrected chi connectivity index (χ3v) is 4.62. The number of hydrogen-bond acceptors (Lipinski definition) is 4. The Morgan fingerprint density at radius 2 is 2.29 bits per heavy atom. The largest absolute Gasteiger partial charge is 0.377 e. The Hall–Kier alpha value is -0.910. The second kappa shape index (κ2) is 7.92. The molecule has 2 atom stereocenters. The highest BCUT2D eigenvalue weighted by Crippen LogP contribution is 2.29. The van der Waals surface area contributed by atoms with Crippen LogP contribution in [0.15, 0.2) is 17.5 Å². The molecule has 1 aromatic heterocycles. The van der Waals surface area contributed by atoms with Crippen LogP contribution >= 0.6 is 11.3 Å². The van der Waals surface area contributed by atoms with E-state index in [1.54, 1.807) is 11.3 Å². The average molecular weight is 310 g/mol. The average Bonchev–Trinajstić information content (AvgIpc) is 3.06. The standard InChI is InChI=1S/C16H26N2O2S/c1-4-5-7-13-16(19)18(9-10-20-12(2)3)15(17-13)14-8-6-11-21-14/h6,8,11-13,15,17H,4-5,7,9-10H2,1-3H3. The molecule has 1 fully saturated rings. The fourth-order valence-corrected chi connectivity index (χ4v) is 3.40. The second-order valence-electron chi connectivity index (χ2n) is 5.73. The van der Waals surface area contributed by atoms with Crippen LogP contribution < -0.4 is 5.32 Å². The Labute approximate surface area is 131 Å². The number of ether oxygens (including phenoxy) is 1. The predicted molar refractivity (Wildman–Crippen MR) is 86.3 cm³/mol. The molecule has 0 spiro atoms. The van der Waals surface area contributed by atoms with Crippen molar-refractivity contribution in [2.24, 2.45) is 0 Å². The molecule has 2 heterocycles. The first-order chi connectivity index (χ1) is 10.1. The van der Waals surface area contributed by atoms with Crippen LogP contribution in [-0.2, 0) is 9.53 Å². The van der Waals surface area contributed by atoms with Gasteiger partial charge in [-0.2, -0.15) is 0 Å². The highest BCUT2D eigenvalue weighted by molar-refractivity contribution is 7.10. The van der Waals surface area contributed by atoms with E-state index in [0.717, 1.165) is 19.3 Å². The minimum atomic E-state index is -0.0453. The highest BCUT2D eigenvalue weighted by atomic mass is 32.1. The third-order valence-electron chi connectivity index (χ3n) is 3.69. The number of rotatable bonds is 8. The molecule has 1 aliphatic rings. The molecule has 1 aromatic rings. The summed E-state index contributed by atoms with van der Waals surface area (Å²) in [6.45, 7) is 7.43. The molecule has 0 radical (unpaired) electrons. The van der Waals surface area contributed by atoms with Gasteiger partial charge >= 0.3 is 0 Å². The normalized spacial score (nSPS) is 22.5. The number of amides is 1. The Kier molecular flexibility index (Phi) is 6.21. The highest BCUT2D eigenvalue weighted by Gasteiger charge is 2.39. The maximum Gasteiger partial charge on any atom is 0.241 e. The van der Waals surface area contributed by atoms with Crippen LogP contribution in [0.1, 0.15) is 51.1 Å². The molecule has 1 amide bonds. The third kappa shape index (κ3) is 4.28. The van der Waals surface area contributed by atoms with Crippen LogP contribution in [0.3, 0.4) is 0 Å². The lowest BCUT2D eigenvalue weighted by molar-refractivity contribution is -0.131. The zero-order chi connectivity index (χ0) is 15.2. The zero-order valence-corrected chi connectivity index (χ0v) is 14.0. The van der Waals surface area contributed by atoms with E-state index in [4.69, 9.17) is 4.74 Å². The first-order valence-corrected chi connectivity index (χ1v) is 8.73. The van der Waals surface area contributed by atoms with Crippen molar-refractivity contribution in [2.75, 3.05) is 13.2 Å². The minimum absolute atomic E-state index is 0.00937. The van der Waals surface area contributed by atoms with Gasteiger partial charge in [-0.15, -0.1) is 11.3 Å². The monoisotopic (exact) mass is 310 g/mol. The number of carbonyl (C=O) groups excluding carboxylic acids is 1. The number of nitrogens with zero attached hydrogens (tertiary/aromatic N) is 1. The number of thiophene rings is 1. The summed E-state index contributed by atoms with van der Waals surface area (Å²) in [4.78, 5) is 15.7. The molecule has 0 saturated carbocycles. The molecule has 1 saturated heterocycles. The molecule has 1 aliphatic heterocycles. The molecule has 2 unspecified atom stereocenters. The second-order valence-corrected chi connectivity index (χ2v) is 6.71. The van der Waals surface area contributed by atoms with Crippen molar-refractivity contribution < 1.29 is 9.53 Å². The van der Waals surface area contributed by atoms with Gasteiger partial charge in [0, 0.05) is 11.4 Å². The van der Waals surface area contributed by atoms with Crippen molar-refractivity contribution in [1.82, 2.24) is 10.2 Å². The lowest BCUT2D eigenvalue weighted by atomic mass is 10.1. The van der Waals surface area contributed by atoms with Crippen LogP contribution in [0.2, 0.25) is 0 Å². The van der Waals surface area contributed by atoms with Crippen LogP contribution in [-0.4, -0.2) is 36.1 Å². The van der Waals surface area contributed by atoms with Crippen LogP contribution in [0, 0.1) is 0 Å². The fraction of sp³-hybridized carbons (Fsp3) is 0.688. The van der Waals surface area contributed by atoms with Crippen LogP contribution in [0.5, 0.6) is 0 Å². The molecule has 21 heavy (non-hydrogen) atoms. The van der Waals surface area contributed by atoms with E-state index in [-0.39, 0.29) is 24.2 Å². The molecule has 0 aromatic carbocycles. The van der Waals surface area contributed by atoms with Crippen molar-refractivity contribution >= 4 is 17.2 Å².